The van der Waals surface area contributed by atoms with Crippen LogP contribution in [0.25, 0.3) is 10.2 Å². The van der Waals surface area contributed by atoms with E-state index in [1.165, 1.54) is 39.9 Å². The van der Waals surface area contributed by atoms with Gasteiger partial charge in [-0.15, -0.1) is 0 Å². The van der Waals surface area contributed by atoms with Gasteiger partial charge in [-0.25, -0.2) is 13.4 Å². The lowest BCUT2D eigenvalue weighted by atomic mass is 10.2. The molecule has 4 aromatic rings. The molecule has 2 heterocycles. The Morgan fingerprint density at radius 3 is 2.62 bits per heavy atom. The fraction of sp³-hybridized carbons (Fsp3) is 0.130. The van der Waals surface area contributed by atoms with Crippen LogP contribution < -0.4 is 9.62 Å². The van der Waals surface area contributed by atoms with Gasteiger partial charge in [0.2, 0.25) is 0 Å². The van der Waals surface area contributed by atoms with E-state index in [2.05, 4.69) is 10.3 Å². The lowest BCUT2D eigenvalue weighted by molar-refractivity contribution is 0.102. The summed E-state index contributed by atoms with van der Waals surface area (Å²) in [6.45, 7) is 2.29. The van der Waals surface area contributed by atoms with Gasteiger partial charge in [0.1, 0.15) is 0 Å². The molecule has 0 radical (unpaired) electrons. The molecule has 3 aromatic carbocycles. The molecule has 1 aliphatic rings. The molecule has 0 bridgehead atoms. The Morgan fingerprint density at radius 2 is 1.84 bits per heavy atom. The van der Waals surface area contributed by atoms with Crippen LogP contribution in [0, 0.1) is 6.92 Å². The summed E-state index contributed by atoms with van der Waals surface area (Å²) in [6, 6.07) is 17.1. The Balaban J connectivity index is 1.37. The number of hydrogen-bond donors (Lipinski definition) is 1. The third-order valence-electron chi connectivity index (χ3n) is 5.52. The van der Waals surface area contributed by atoms with Crippen LogP contribution in [0.2, 0.25) is 5.02 Å². The molecule has 0 atom stereocenters. The molecule has 1 aromatic heterocycles. The Hall–Kier alpha value is -2.94. The van der Waals surface area contributed by atoms with E-state index in [1.54, 1.807) is 6.07 Å². The van der Waals surface area contributed by atoms with Gasteiger partial charge in [-0.05, 0) is 66.9 Å². The normalized spacial score (nSPS) is 13.4. The number of hydrogen-bond acceptors (Lipinski definition) is 5. The summed E-state index contributed by atoms with van der Waals surface area (Å²) in [5.41, 5.74) is 3.68. The third kappa shape index (κ3) is 3.54. The second-order valence-corrected chi connectivity index (χ2v) is 10.8. The van der Waals surface area contributed by atoms with Crippen molar-refractivity contribution in [3.05, 3.63) is 82.4 Å². The average Bonchev–Trinajstić information content (AvgIpc) is 3.41. The van der Waals surface area contributed by atoms with E-state index < -0.39 is 10.0 Å². The average molecular weight is 484 g/mol. The number of amides is 1. The molecule has 0 aliphatic carbocycles. The summed E-state index contributed by atoms with van der Waals surface area (Å²) in [5.74, 6) is -0.358. The smallest absolute Gasteiger partial charge is 0.264 e. The number of thiazole rings is 1. The van der Waals surface area contributed by atoms with Crippen LogP contribution in [0.3, 0.4) is 0 Å². The molecule has 6 nitrogen and oxygen atoms in total. The van der Waals surface area contributed by atoms with Gasteiger partial charge in [0, 0.05) is 17.1 Å². The van der Waals surface area contributed by atoms with Crippen molar-refractivity contribution in [3.63, 3.8) is 0 Å². The molecule has 9 heteroatoms. The monoisotopic (exact) mass is 483 g/mol. The van der Waals surface area contributed by atoms with Crippen molar-refractivity contribution in [2.24, 2.45) is 0 Å². The molecule has 0 fully saturated rings. The topological polar surface area (TPSA) is 79.4 Å². The summed E-state index contributed by atoms with van der Waals surface area (Å²) in [5, 5.41) is 3.87. The summed E-state index contributed by atoms with van der Waals surface area (Å²) in [4.78, 5) is 17.3. The molecular weight excluding hydrogens is 466 g/mol. The first kappa shape index (κ1) is 20.9. The number of para-hydroxylation sites is 1. The van der Waals surface area contributed by atoms with E-state index >= 15 is 0 Å². The predicted octanol–water partition coefficient (Wildman–Crippen LogP) is 5.26. The molecule has 0 spiro atoms. The number of carbonyl (C=O) groups is 1. The minimum atomic E-state index is -3.70. The van der Waals surface area contributed by atoms with Gasteiger partial charge in [-0.2, -0.15) is 0 Å². The zero-order valence-electron chi connectivity index (χ0n) is 17.0. The summed E-state index contributed by atoms with van der Waals surface area (Å²) >= 11 is 7.51. The molecule has 1 amide bonds. The highest BCUT2D eigenvalue weighted by atomic mass is 35.5. The van der Waals surface area contributed by atoms with Crippen molar-refractivity contribution >= 4 is 59.9 Å². The van der Waals surface area contributed by atoms with Crippen molar-refractivity contribution in [2.75, 3.05) is 16.2 Å². The van der Waals surface area contributed by atoms with Crippen molar-refractivity contribution < 1.29 is 13.2 Å². The van der Waals surface area contributed by atoms with Gasteiger partial charge in [-0.1, -0.05) is 41.1 Å². The van der Waals surface area contributed by atoms with Gasteiger partial charge in [0.15, 0.2) is 5.13 Å². The van der Waals surface area contributed by atoms with E-state index in [1.807, 2.05) is 37.3 Å². The molecule has 162 valence electrons. The van der Waals surface area contributed by atoms with Crippen molar-refractivity contribution in [1.29, 1.82) is 0 Å². The van der Waals surface area contributed by atoms with Crippen molar-refractivity contribution in [3.8, 4) is 0 Å². The molecule has 5 rings (SSSR count). The molecule has 0 saturated carbocycles. The summed E-state index contributed by atoms with van der Waals surface area (Å²) in [6.07, 6.45) is 0.683. The largest absolute Gasteiger partial charge is 0.298 e. The molecule has 0 unspecified atom stereocenters. The number of nitrogens with one attached hydrogen (secondary N) is 1. The first-order valence-corrected chi connectivity index (χ1v) is 12.6. The summed E-state index contributed by atoms with van der Waals surface area (Å²) in [7, 11) is -3.70. The Kier molecular flexibility index (Phi) is 5.16. The number of sulfonamides is 1. The number of halogens is 1. The Bertz CT molecular complexity index is 1460. The highest BCUT2D eigenvalue weighted by Gasteiger charge is 2.30. The van der Waals surface area contributed by atoms with Gasteiger partial charge in [-0.3, -0.25) is 14.4 Å². The van der Waals surface area contributed by atoms with Crippen LogP contribution in [0.1, 0.15) is 21.5 Å². The van der Waals surface area contributed by atoms with Crippen molar-refractivity contribution in [2.45, 2.75) is 18.2 Å². The number of benzene rings is 3. The number of anilines is 2. The second-order valence-electron chi connectivity index (χ2n) is 7.47. The highest BCUT2D eigenvalue weighted by Crippen LogP contribution is 2.33. The predicted molar refractivity (Wildman–Crippen MR) is 128 cm³/mol. The molecule has 0 saturated heterocycles. The summed E-state index contributed by atoms with van der Waals surface area (Å²) < 4.78 is 28.6. The maximum absolute atomic E-state index is 13.1. The zero-order valence-corrected chi connectivity index (χ0v) is 19.4. The van der Waals surface area contributed by atoms with E-state index in [-0.39, 0.29) is 10.8 Å². The van der Waals surface area contributed by atoms with E-state index in [0.717, 1.165) is 21.3 Å². The van der Waals surface area contributed by atoms with Gasteiger partial charge < -0.3 is 0 Å². The lowest BCUT2D eigenvalue weighted by Gasteiger charge is -2.19. The number of nitrogens with zero attached hydrogens (tertiary/aromatic N) is 2. The van der Waals surface area contributed by atoms with Crippen LogP contribution >= 0.6 is 22.9 Å². The van der Waals surface area contributed by atoms with Gasteiger partial charge in [0.05, 0.1) is 20.8 Å². The van der Waals surface area contributed by atoms with Crippen LogP contribution in [-0.2, 0) is 16.4 Å². The first-order chi connectivity index (χ1) is 15.3. The standard InChI is InChI=1S/C23H18ClN3O3S2/c1-14-18(24)10-11-20-21(14)25-23(31-20)26-22(28)16-6-8-17(9-7-16)32(29,30)27-13-12-15-4-2-3-5-19(15)27/h2-11H,12-13H2,1H3,(H,25,26,28). The fourth-order valence-corrected chi connectivity index (χ4v) is 6.36. The number of fused-ring (bicyclic) bond motifs is 2. The van der Waals surface area contributed by atoms with E-state index in [0.29, 0.717) is 34.4 Å². The van der Waals surface area contributed by atoms with Crippen molar-refractivity contribution in [1.82, 2.24) is 4.98 Å². The highest BCUT2D eigenvalue weighted by molar-refractivity contribution is 7.92. The molecule has 1 N–H and O–H groups in total. The number of aromatic nitrogens is 1. The number of rotatable bonds is 4. The molecular formula is C23H18ClN3O3S2. The SMILES string of the molecule is Cc1c(Cl)ccc2sc(NC(=O)c3ccc(S(=O)(=O)N4CCc5ccccc54)cc3)nc12. The third-order valence-corrected chi connectivity index (χ3v) is 8.69. The number of carbonyl (C=O) groups excluding carboxylic acids is 1. The first-order valence-electron chi connectivity index (χ1n) is 9.92. The quantitative estimate of drug-likeness (QED) is 0.429. The maximum Gasteiger partial charge on any atom is 0.264 e. The molecule has 32 heavy (non-hydrogen) atoms. The Labute approximate surface area is 194 Å². The van der Waals surface area contributed by atoms with Crippen LogP contribution in [-0.4, -0.2) is 25.9 Å². The van der Waals surface area contributed by atoms with E-state index in [4.69, 9.17) is 11.6 Å². The fourth-order valence-electron chi connectivity index (χ4n) is 3.79. The molecule has 1 aliphatic heterocycles. The minimum Gasteiger partial charge on any atom is -0.298 e. The van der Waals surface area contributed by atoms with Crippen LogP contribution in [0.5, 0.6) is 0 Å². The zero-order chi connectivity index (χ0) is 22.5. The Morgan fingerprint density at radius 1 is 1.09 bits per heavy atom. The number of aryl methyl sites for hydroxylation is 1. The van der Waals surface area contributed by atoms with E-state index in [9.17, 15) is 13.2 Å². The van der Waals surface area contributed by atoms with Gasteiger partial charge >= 0.3 is 0 Å². The second kappa shape index (κ2) is 7.88. The van der Waals surface area contributed by atoms with Gasteiger partial charge in [0.25, 0.3) is 15.9 Å². The van der Waals surface area contributed by atoms with Crippen LogP contribution in [0.4, 0.5) is 10.8 Å². The van der Waals surface area contributed by atoms with Crippen LogP contribution in [0.15, 0.2) is 65.6 Å². The minimum absolute atomic E-state index is 0.149. The maximum atomic E-state index is 13.1. The lowest BCUT2D eigenvalue weighted by Crippen LogP contribution is -2.29.